The number of rotatable bonds is 7. The SMILES string of the molecule is C=CCOc1ccc(CCC(C)NC)cc1. The minimum atomic E-state index is 0.566. The minimum Gasteiger partial charge on any atom is -0.490 e. The van der Waals surface area contributed by atoms with Crippen molar-refractivity contribution in [1.29, 1.82) is 0 Å². The summed E-state index contributed by atoms with van der Waals surface area (Å²) in [4.78, 5) is 0. The average Bonchev–Trinajstić information content (AvgIpc) is 2.34. The van der Waals surface area contributed by atoms with E-state index in [0.29, 0.717) is 12.6 Å². The molecule has 0 saturated heterocycles. The maximum atomic E-state index is 5.43. The third-order valence-electron chi connectivity index (χ3n) is 2.65. The van der Waals surface area contributed by atoms with Gasteiger partial charge in [0.15, 0.2) is 0 Å². The van der Waals surface area contributed by atoms with Crippen LogP contribution in [0.4, 0.5) is 0 Å². The smallest absolute Gasteiger partial charge is 0.119 e. The second-order valence-electron chi connectivity index (χ2n) is 3.97. The van der Waals surface area contributed by atoms with E-state index in [1.54, 1.807) is 6.08 Å². The summed E-state index contributed by atoms with van der Waals surface area (Å²) in [5.74, 6) is 0.908. The molecular formula is C14H21NO. The summed E-state index contributed by atoms with van der Waals surface area (Å²) in [5.41, 5.74) is 1.35. The van der Waals surface area contributed by atoms with Crippen molar-refractivity contribution in [3.63, 3.8) is 0 Å². The highest BCUT2D eigenvalue weighted by atomic mass is 16.5. The summed E-state index contributed by atoms with van der Waals surface area (Å²) in [6, 6.07) is 8.85. The molecule has 0 amide bonds. The minimum absolute atomic E-state index is 0.566. The zero-order valence-corrected chi connectivity index (χ0v) is 10.2. The molecule has 0 spiro atoms. The van der Waals surface area contributed by atoms with E-state index in [-0.39, 0.29) is 0 Å². The van der Waals surface area contributed by atoms with Crippen LogP contribution in [0.5, 0.6) is 5.75 Å². The van der Waals surface area contributed by atoms with E-state index < -0.39 is 0 Å². The van der Waals surface area contributed by atoms with Crippen LogP contribution in [0.1, 0.15) is 18.9 Å². The van der Waals surface area contributed by atoms with Gasteiger partial charge in [0.2, 0.25) is 0 Å². The predicted molar refractivity (Wildman–Crippen MR) is 69.0 cm³/mol. The van der Waals surface area contributed by atoms with Gasteiger partial charge in [-0.05, 0) is 44.5 Å². The third kappa shape index (κ3) is 4.49. The first-order valence-corrected chi connectivity index (χ1v) is 5.76. The fourth-order valence-electron chi connectivity index (χ4n) is 1.44. The van der Waals surface area contributed by atoms with E-state index in [1.807, 2.05) is 19.2 Å². The average molecular weight is 219 g/mol. The molecule has 0 radical (unpaired) electrons. The maximum Gasteiger partial charge on any atom is 0.119 e. The fraction of sp³-hybridized carbons (Fsp3) is 0.429. The number of hydrogen-bond acceptors (Lipinski definition) is 2. The van der Waals surface area contributed by atoms with Crippen molar-refractivity contribution in [2.75, 3.05) is 13.7 Å². The summed E-state index contributed by atoms with van der Waals surface area (Å²) >= 11 is 0. The molecule has 1 N–H and O–H groups in total. The summed E-state index contributed by atoms with van der Waals surface area (Å²) < 4.78 is 5.43. The van der Waals surface area contributed by atoms with Crippen LogP contribution >= 0.6 is 0 Å². The Morgan fingerprint density at radius 3 is 2.62 bits per heavy atom. The van der Waals surface area contributed by atoms with Crippen molar-refractivity contribution >= 4 is 0 Å². The molecule has 1 unspecified atom stereocenters. The third-order valence-corrected chi connectivity index (χ3v) is 2.65. The van der Waals surface area contributed by atoms with Crippen molar-refractivity contribution < 1.29 is 4.74 Å². The van der Waals surface area contributed by atoms with Gasteiger partial charge < -0.3 is 10.1 Å². The predicted octanol–water partition coefficient (Wildman–Crippen LogP) is 2.79. The first-order valence-electron chi connectivity index (χ1n) is 5.76. The molecule has 0 aliphatic rings. The topological polar surface area (TPSA) is 21.3 Å². The number of aryl methyl sites for hydroxylation is 1. The maximum absolute atomic E-state index is 5.43. The van der Waals surface area contributed by atoms with E-state index in [4.69, 9.17) is 4.74 Å². The summed E-state index contributed by atoms with van der Waals surface area (Å²) in [6.45, 7) is 6.38. The van der Waals surface area contributed by atoms with Gasteiger partial charge in [-0.1, -0.05) is 24.8 Å². The largest absolute Gasteiger partial charge is 0.490 e. The van der Waals surface area contributed by atoms with E-state index in [2.05, 4.69) is 31.0 Å². The molecule has 0 heterocycles. The Kier molecular flexibility index (Phi) is 5.65. The van der Waals surface area contributed by atoms with Crippen molar-refractivity contribution in [1.82, 2.24) is 5.32 Å². The molecule has 0 aromatic heterocycles. The lowest BCUT2D eigenvalue weighted by Crippen LogP contribution is -2.21. The second-order valence-corrected chi connectivity index (χ2v) is 3.97. The van der Waals surface area contributed by atoms with Gasteiger partial charge in [-0.15, -0.1) is 0 Å². The van der Waals surface area contributed by atoms with Crippen LogP contribution in [0.2, 0.25) is 0 Å². The normalized spacial score (nSPS) is 12.1. The van der Waals surface area contributed by atoms with Gasteiger partial charge in [0.25, 0.3) is 0 Å². The Labute approximate surface area is 98.3 Å². The molecule has 0 aliphatic carbocycles. The number of hydrogen-bond donors (Lipinski definition) is 1. The monoisotopic (exact) mass is 219 g/mol. The van der Waals surface area contributed by atoms with Gasteiger partial charge in [0.05, 0.1) is 0 Å². The molecule has 2 nitrogen and oxygen atoms in total. The lowest BCUT2D eigenvalue weighted by Gasteiger charge is -2.10. The van der Waals surface area contributed by atoms with Gasteiger partial charge in [-0.2, -0.15) is 0 Å². The van der Waals surface area contributed by atoms with Crippen LogP contribution in [-0.4, -0.2) is 19.7 Å². The Balaban J connectivity index is 2.41. The molecule has 0 saturated carbocycles. The standard InChI is InChI=1S/C14H21NO/c1-4-11-16-14-9-7-13(8-10-14)6-5-12(2)15-3/h4,7-10,12,15H,1,5-6,11H2,2-3H3. The Morgan fingerprint density at radius 2 is 2.06 bits per heavy atom. The molecule has 1 aromatic carbocycles. The van der Waals surface area contributed by atoms with Crippen LogP contribution in [0.25, 0.3) is 0 Å². The van der Waals surface area contributed by atoms with Gasteiger partial charge in [-0.3, -0.25) is 0 Å². The van der Waals surface area contributed by atoms with Crippen molar-refractivity contribution in [3.8, 4) is 5.75 Å². The fourth-order valence-corrected chi connectivity index (χ4v) is 1.44. The molecule has 0 bridgehead atoms. The molecule has 1 atom stereocenters. The molecular weight excluding hydrogens is 198 g/mol. The molecule has 0 fully saturated rings. The number of benzene rings is 1. The van der Waals surface area contributed by atoms with Crippen molar-refractivity contribution in [2.24, 2.45) is 0 Å². The Bertz CT molecular complexity index is 305. The Hall–Kier alpha value is -1.28. The Morgan fingerprint density at radius 1 is 1.38 bits per heavy atom. The molecule has 0 aliphatic heterocycles. The second kappa shape index (κ2) is 7.07. The highest BCUT2D eigenvalue weighted by Crippen LogP contribution is 2.13. The zero-order chi connectivity index (χ0) is 11.8. The summed E-state index contributed by atoms with van der Waals surface area (Å²) in [7, 11) is 2.00. The number of nitrogens with one attached hydrogen (secondary N) is 1. The molecule has 88 valence electrons. The molecule has 1 aromatic rings. The lowest BCUT2D eigenvalue weighted by molar-refractivity contribution is 0.363. The van der Waals surface area contributed by atoms with Crippen LogP contribution in [-0.2, 0) is 6.42 Å². The van der Waals surface area contributed by atoms with Crippen LogP contribution in [0, 0.1) is 0 Å². The van der Waals surface area contributed by atoms with Crippen LogP contribution in [0.15, 0.2) is 36.9 Å². The summed E-state index contributed by atoms with van der Waals surface area (Å²) in [6.07, 6.45) is 4.01. The van der Waals surface area contributed by atoms with E-state index in [9.17, 15) is 0 Å². The van der Waals surface area contributed by atoms with Gasteiger partial charge in [0.1, 0.15) is 12.4 Å². The molecule has 16 heavy (non-hydrogen) atoms. The van der Waals surface area contributed by atoms with Gasteiger partial charge >= 0.3 is 0 Å². The quantitative estimate of drug-likeness (QED) is 0.712. The summed E-state index contributed by atoms with van der Waals surface area (Å²) in [5, 5.41) is 3.24. The zero-order valence-electron chi connectivity index (χ0n) is 10.2. The van der Waals surface area contributed by atoms with Crippen molar-refractivity contribution in [3.05, 3.63) is 42.5 Å². The number of ether oxygens (including phenoxy) is 1. The van der Waals surface area contributed by atoms with E-state index in [1.165, 1.54) is 5.56 Å². The lowest BCUT2D eigenvalue weighted by atomic mass is 10.1. The van der Waals surface area contributed by atoms with Crippen LogP contribution < -0.4 is 10.1 Å². The van der Waals surface area contributed by atoms with Crippen molar-refractivity contribution in [2.45, 2.75) is 25.8 Å². The van der Waals surface area contributed by atoms with Gasteiger partial charge in [0, 0.05) is 6.04 Å². The molecule has 1 rings (SSSR count). The molecule has 2 heteroatoms. The first-order chi connectivity index (χ1) is 7.76. The highest BCUT2D eigenvalue weighted by Gasteiger charge is 1.99. The first kappa shape index (κ1) is 12.8. The van der Waals surface area contributed by atoms with Gasteiger partial charge in [-0.25, -0.2) is 0 Å². The van der Waals surface area contributed by atoms with E-state index in [0.717, 1.165) is 18.6 Å². The van der Waals surface area contributed by atoms with E-state index >= 15 is 0 Å². The highest BCUT2D eigenvalue weighted by molar-refractivity contribution is 5.27. The van der Waals surface area contributed by atoms with Crippen LogP contribution in [0.3, 0.4) is 0 Å².